The monoisotopic (exact) mass is 385 g/mol. The van der Waals surface area contributed by atoms with Crippen LogP contribution < -0.4 is 4.72 Å². The van der Waals surface area contributed by atoms with Gasteiger partial charge >= 0.3 is 0 Å². The maximum Gasteiger partial charge on any atom is 0.273 e. The Morgan fingerprint density at radius 1 is 1.08 bits per heavy atom. The molecule has 0 bridgehead atoms. The summed E-state index contributed by atoms with van der Waals surface area (Å²) in [6.45, 7) is 1.71. The lowest BCUT2D eigenvalue weighted by Crippen LogP contribution is -2.14. The van der Waals surface area contributed by atoms with Crippen molar-refractivity contribution in [3.05, 3.63) is 67.2 Å². The Morgan fingerprint density at radius 3 is 2.28 bits per heavy atom. The fourth-order valence-electron chi connectivity index (χ4n) is 2.08. The molecule has 1 N–H and O–H groups in total. The first-order chi connectivity index (χ1) is 11.7. The fraction of sp³-hybridized carbons (Fsp3) is 0.143. The topological polar surface area (TPSA) is 132 Å². The minimum atomic E-state index is -4.16. The molecule has 25 heavy (non-hydrogen) atoms. The number of aryl methyl sites for hydroxylation is 1. The van der Waals surface area contributed by atoms with Crippen molar-refractivity contribution in [3.63, 3.8) is 0 Å². The van der Waals surface area contributed by atoms with Gasteiger partial charge in [0.2, 0.25) is 0 Å². The molecule has 2 aromatic rings. The predicted octanol–water partition coefficient (Wildman–Crippen LogP) is 3.52. The summed E-state index contributed by atoms with van der Waals surface area (Å²) < 4.78 is 27.0. The van der Waals surface area contributed by atoms with Gasteiger partial charge in [-0.3, -0.25) is 25.0 Å². The van der Waals surface area contributed by atoms with Crippen molar-refractivity contribution in [1.82, 2.24) is 0 Å². The van der Waals surface area contributed by atoms with E-state index in [4.69, 9.17) is 11.6 Å². The smallest absolute Gasteiger partial charge is 0.273 e. The average molecular weight is 386 g/mol. The molecule has 0 aliphatic carbocycles. The Hall–Kier alpha value is -2.72. The molecule has 0 aromatic heterocycles. The summed E-state index contributed by atoms with van der Waals surface area (Å²) >= 11 is 5.86. The summed E-state index contributed by atoms with van der Waals surface area (Å²) in [6, 6.07) is 6.80. The van der Waals surface area contributed by atoms with Crippen LogP contribution in [-0.2, 0) is 16.4 Å². The maximum absolute atomic E-state index is 12.4. The molecule has 0 saturated carbocycles. The highest BCUT2D eigenvalue weighted by Crippen LogP contribution is 2.30. The van der Waals surface area contributed by atoms with Gasteiger partial charge in [0.25, 0.3) is 21.4 Å². The van der Waals surface area contributed by atoms with Crippen LogP contribution in [0.3, 0.4) is 0 Å². The van der Waals surface area contributed by atoms with E-state index in [1.54, 1.807) is 6.92 Å². The molecule has 9 nitrogen and oxygen atoms in total. The predicted molar refractivity (Wildman–Crippen MR) is 91.4 cm³/mol. The van der Waals surface area contributed by atoms with Crippen molar-refractivity contribution in [2.45, 2.75) is 18.2 Å². The van der Waals surface area contributed by atoms with E-state index in [0.29, 0.717) is 12.0 Å². The van der Waals surface area contributed by atoms with Gasteiger partial charge in [-0.05, 0) is 18.6 Å². The first-order valence-electron chi connectivity index (χ1n) is 6.89. The normalized spacial score (nSPS) is 11.1. The van der Waals surface area contributed by atoms with E-state index in [9.17, 15) is 28.6 Å². The standard InChI is InChI=1S/C14H12ClN3O6S/c1-2-9-3-5-11(8-14(9)18(21)22)25(23,24)16-13-6-4-10(17(19)20)7-12(13)15/h3-8,16H,2H2,1H3. The van der Waals surface area contributed by atoms with Crippen molar-refractivity contribution in [2.24, 2.45) is 0 Å². The van der Waals surface area contributed by atoms with E-state index in [1.807, 2.05) is 0 Å². The number of halogens is 1. The third-order valence-corrected chi connectivity index (χ3v) is 5.03. The number of hydrogen-bond acceptors (Lipinski definition) is 6. The number of anilines is 1. The van der Waals surface area contributed by atoms with Crippen molar-refractivity contribution < 1.29 is 18.3 Å². The molecule has 2 rings (SSSR count). The number of rotatable bonds is 6. The Kier molecular flexibility index (Phi) is 5.24. The molecule has 0 atom stereocenters. The van der Waals surface area contributed by atoms with Crippen molar-refractivity contribution in [2.75, 3.05) is 4.72 Å². The fourth-order valence-corrected chi connectivity index (χ4v) is 3.46. The molecular formula is C14H12ClN3O6S. The van der Waals surface area contributed by atoms with Crippen molar-refractivity contribution in [1.29, 1.82) is 0 Å². The minimum Gasteiger partial charge on any atom is -0.278 e. The van der Waals surface area contributed by atoms with Crippen LogP contribution >= 0.6 is 11.6 Å². The number of nitro groups is 2. The third kappa shape index (κ3) is 4.03. The molecule has 0 heterocycles. The molecule has 11 heteroatoms. The SMILES string of the molecule is CCc1ccc(S(=O)(=O)Nc2ccc([N+](=O)[O-])cc2Cl)cc1[N+](=O)[O-]. The van der Waals surface area contributed by atoms with Crippen LogP contribution in [0.1, 0.15) is 12.5 Å². The van der Waals surface area contributed by atoms with Gasteiger partial charge in [-0.15, -0.1) is 0 Å². The zero-order valence-corrected chi connectivity index (χ0v) is 14.4. The number of nitrogens with zero attached hydrogens (tertiary/aromatic N) is 2. The Bertz CT molecular complexity index is 961. The number of benzene rings is 2. The summed E-state index contributed by atoms with van der Waals surface area (Å²) in [5, 5.41) is 21.6. The second kappa shape index (κ2) is 7.03. The number of non-ortho nitro benzene ring substituents is 1. The van der Waals surface area contributed by atoms with Crippen molar-refractivity contribution >= 4 is 38.7 Å². The highest BCUT2D eigenvalue weighted by Gasteiger charge is 2.22. The first-order valence-corrected chi connectivity index (χ1v) is 8.76. The lowest BCUT2D eigenvalue weighted by atomic mass is 10.1. The van der Waals surface area contributed by atoms with Crippen LogP contribution in [-0.4, -0.2) is 18.3 Å². The van der Waals surface area contributed by atoms with Gasteiger partial charge in [-0.25, -0.2) is 8.42 Å². The largest absolute Gasteiger partial charge is 0.278 e. The third-order valence-electron chi connectivity index (χ3n) is 3.35. The second-order valence-corrected chi connectivity index (χ2v) is 7.02. The Labute approximate surface area is 147 Å². The molecule has 0 radical (unpaired) electrons. The van der Waals surface area contributed by atoms with Gasteiger partial charge in [0, 0.05) is 23.8 Å². The lowest BCUT2D eigenvalue weighted by molar-refractivity contribution is -0.385. The summed E-state index contributed by atoms with van der Waals surface area (Å²) in [5.74, 6) is 0. The lowest BCUT2D eigenvalue weighted by Gasteiger charge is -2.10. The molecule has 0 amide bonds. The van der Waals surface area contributed by atoms with Crippen LogP contribution in [0.15, 0.2) is 41.3 Å². The molecule has 0 aliphatic rings. The molecule has 132 valence electrons. The van der Waals surface area contributed by atoms with E-state index in [0.717, 1.165) is 24.3 Å². The van der Waals surface area contributed by atoms with Gasteiger partial charge < -0.3 is 0 Å². The van der Waals surface area contributed by atoms with E-state index < -0.39 is 19.9 Å². The molecule has 2 aromatic carbocycles. The second-order valence-electron chi connectivity index (χ2n) is 4.93. The minimum absolute atomic E-state index is 0.0745. The Balaban J connectivity index is 2.41. The van der Waals surface area contributed by atoms with Crippen LogP contribution in [0.5, 0.6) is 0 Å². The first kappa shape index (κ1) is 18.6. The maximum atomic E-state index is 12.4. The number of nitrogens with one attached hydrogen (secondary N) is 1. The Morgan fingerprint density at radius 2 is 1.76 bits per heavy atom. The summed E-state index contributed by atoms with van der Waals surface area (Å²) in [6.07, 6.45) is 0.373. The van der Waals surface area contributed by atoms with Gasteiger partial charge in [-0.2, -0.15) is 0 Å². The molecule has 0 aliphatic heterocycles. The van der Waals surface area contributed by atoms with E-state index in [-0.39, 0.29) is 27.0 Å². The van der Waals surface area contributed by atoms with E-state index in [1.165, 1.54) is 12.1 Å². The average Bonchev–Trinajstić information content (AvgIpc) is 2.55. The number of hydrogen-bond donors (Lipinski definition) is 1. The van der Waals surface area contributed by atoms with Gasteiger partial charge in [0.15, 0.2) is 0 Å². The van der Waals surface area contributed by atoms with Crippen LogP contribution in [0.4, 0.5) is 17.1 Å². The van der Waals surface area contributed by atoms with Gasteiger partial charge in [0.05, 0.1) is 25.5 Å². The number of nitro benzene ring substituents is 2. The molecule has 0 fully saturated rings. The van der Waals surface area contributed by atoms with Gasteiger partial charge in [-0.1, -0.05) is 24.6 Å². The van der Waals surface area contributed by atoms with E-state index >= 15 is 0 Å². The molecule has 0 saturated heterocycles. The highest BCUT2D eigenvalue weighted by molar-refractivity contribution is 7.92. The molecule has 0 spiro atoms. The van der Waals surface area contributed by atoms with Crippen LogP contribution in [0, 0.1) is 20.2 Å². The van der Waals surface area contributed by atoms with Crippen molar-refractivity contribution in [3.8, 4) is 0 Å². The zero-order chi connectivity index (χ0) is 18.8. The summed E-state index contributed by atoms with van der Waals surface area (Å²) in [7, 11) is -4.16. The molecular weight excluding hydrogens is 374 g/mol. The highest BCUT2D eigenvalue weighted by atomic mass is 35.5. The summed E-state index contributed by atoms with van der Waals surface area (Å²) in [4.78, 5) is 20.1. The zero-order valence-electron chi connectivity index (χ0n) is 12.8. The summed E-state index contributed by atoms with van der Waals surface area (Å²) in [5.41, 5.74) is -0.275. The van der Waals surface area contributed by atoms with E-state index in [2.05, 4.69) is 4.72 Å². The molecule has 0 unspecified atom stereocenters. The number of sulfonamides is 1. The van der Waals surface area contributed by atoms with Crippen LogP contribution in [0.2, 0.25) is 5.02 Å². The van der Waals surface area contributed by atoms with Crippen LogP contribution in [0.25, 0.3) is 0 Å². The quantitative estimate of drug-likeness (QED) is 0.597. The van der Waals surface area contributed by atoms with Gasteiger partial charge in [0.1, 0.15) is 0 Å².